The highest BCUT2D eigenvalue weighted by Gasteiger charge is 2.32. The number of benzene rings is 2. The molecule has 0 N–H and O–H groups in total. The average Bonchev–Trinajstić information content (AvgIpc) is 2.57. The predicted octanol–water partition coefficient (Wildman–Crippen LogP) is 3.82. The van der Waals surface area contributed by atoms with Crippen LogP contribution in [-0.4, -0.2) is 7.11 Å². The first-order valence-electron chi connectivity index (χ1n) is 6.73. The van der Waals surface area contributed by atoms with Crippen LogP contribution in [0.25, 0.3) is 0 Å². The van der Waals surface area contributed by atoms with E-state index in [1.54, 1.807) is 7.11 Å². The van der Waals surface area contributed by atoms with E-state index in [0.717, 1.165) is 11.1 Å². The maximum atomic E-state index is 9.32. The van der Waals surface area contributed by atoms with Gasteiger partial charge < -0.3 is 4.74 Å². The van der Waals surface area contributed by atoms with Crippen LogP contribution in [0.1, 0.15) is 23.1 Å². The van der Waals surface area contributed by atoms with Gasteiger partial charge in [0, 0.05) is 13.0 Å². The summed E-state index contributed by atoms with van der Waals surface area (Å²) in [5.74, 6) is -1.09. The third-order valence-corrected chi connectivity index (χ3v) is 3.53. The summed E-state index contributed by atoms with van der Waals surface area (Å²) < 4.78 is 5.64. The Morgan fingerprint density at radius 2 is 1.29 bits per heavy atom. The molecule has 0 heterocycles. The summed E-state index contributed by atoms with van der Waals surface area (Å²) in [7, 11) is 1.61. The van der Waals surface area contributed by atoms with Gasteiger partial charge in [-0.05, 0) is 11.1 Å². The number of hydrogen-bond acceptors (Lipinski definition) is 3. The Balaban J connectivity index is 2.49. The van der Waals surface area contributed by atoms with Crippen molar-refractivity contribution in [1.29, 1.82) is 10.5 Å². The average molecular weight is 276 g/mol. The van der Waals surface area contributed by atoms with E-state index in [0.29, 0.717) is 0 Å². The van der Waals surface area contributed by atoms with E-state index in [9.17, 15) is 10.5 Å². The van der Waals surface area contributed by atoms with Gasteiger partial charge in [0.1, 0.15) is 5.92 Å². The smallest absolute Gasteiger partial charge is 0.142 e. The highest BCUT2D eigenvalue weighted by Crippen LogP contribution is 2.38. The minimum absolute atomic E-state index is 0.325. The molecule has 0 aliphatic rings. The first-order valence-corrected chi connectivity index (χ1v) is 6.73. The van der Waals surface area contributed by atoms with Crippen molar-refractivity contribution >= 4 is 0 Å². The number of nitrogens with zero attached hydrogens (tertiary/aromatic N) is 2. The third-order valence-electron chi connectivity index (χ3n) is 3.53. The van der Waals surface area contributed by atoms with Crippen molar-refractivity contribution in [1.82, 2.24) is 0 Å². The predicted molar refractivity (Wildman–Crippen MR) is 80.1 cm³/mol. The van der Waals surface area contributed by atoms with E-state index in [4.69, 9.17) is 4.74 Å². The Morgan fingerprint density at radius 1 is 0.810 bits per heavy atom. The Morgan fingerprint density at radius 3 is 1.71 bits per heavy atom. The molecular formula is C18H16N2O. The van der Waals surface area contributed by atoms with Crippen LogP contribution >= 0.6 is 0 Å². The van der Waals surface area contributed by atoms with Crippen LogP contribution in [0, 0.1) is 28.6 Å². The Kier molecular flexibility index (Phi) is 5.10. The normalized spacial score (nSPS) is 13.1. The molecule has 3 heteroatoms. The highest BCUT2D eigenvalue weighted by atomic mass is 16.5. The zero-order valence-corrected chi connectivity index (χ0v) is 11.8. The number of methoxy groups -OCH3 is 1. The third kappa shape index (κ3) is 3.28. The lowest BCUT2D eigenvalue weighted by atomic mass is 9.80. The topological polar surface area (TPSA) is 56.8 Å². The molecule has 0 saturated heterocycles. The molecule has 21 heavy (non-hydrogen) atoms. The lowest BCUT2D eigenvalue weighted by molar-refractivity contribution is 0.0724. The first kappa shape index (κ1) is 14.8. The maximum Gasteiger partial charge on any atom is 0.142 e. The van der Waals surface area contributed by atoms with Crippen LogP contribution in [0.2, 0.25) is 0 Å². The van der Waals surface area contributed by atoms with Crippen LogP contribution in [0.15, 0.2) is 60.7 Å². The van der Waals surface area contributed by atoms with Crippen molar-refractivity contribution < 1.29 is 4.74 Å². The standard InChI is InChI=1S/C18H16N2O/c1-21-18(15-10-6-3-7-11-15)17(16(12-19)13-20)14-8-4-2-5-9-14/h2-11,16-18H,1H3. The summed E-state index contributed by atoms with van der Waals surface area (Å²) in [6.07, 6.45) is -0.335. The summed E-state index contributed by atoms with van der Waals surface area (Å²) in [6.45, 7) is 0. The fourth-order valence-corrected chi connectivity index (χ4v) is 2.54. The van der Waals surface area contributed by atoms with Crippen LogP contribution in [-0.2, 0) is 4.74 Å². The van der Waals surface area contributed by atoms with Gasteiger partial charge in [0.25, 0.3) is 0 Å². The number of nitriles is 2. The molecular weight excluding hydrogens is 260 g/mol. The monoisotopic (exact) mass is 276 g/mol. The Bertz CT molecular complexity index is 626. The van der Waals surface area contributed by atoms with Gasteiger partial charge in [-0.2, -0.15) is 10.5 Å². The van der Waals surface area contributed by atoms with Crippen molar-refractivity contribution in [3.8, 4) is 12.1 Å². The van der Waals surface area contributed by atoms with Crippen LogP contribution in [0.5, 0.6) is 0 Å². The summed E-state index contributed by atoms with van der Waals surface area (Å²) in [5, 5.41) is 18.6. The van der Waals surface area contributed by atoms with Crippen molar-refractivity contribution in [3.05, 3.63) is 71.8 Å². The molecule has 2 aromatic carbocycles. The van der Waals surface area contributed by atoms with E-state index in [2.05, 4.69) is 12.1 Å². The van der Waals surface area contributed by atoms with Gasteiger partial charge in [-0.1, -0.05) is 60.7 Å². The SMILES string of the molecule is COC(c1ccccc1)C(c1ccccc1)C(C#N)C#N. The molecule has 0 spiro atoms. The van der Waals surface area contributed by atoms with Gasteiger partial charge in [0.05, 0.1) is 18.2 Å². The van der Waals surface area contributed by atoms with E-state index >= 15 is 0 Å². The Hall–Kier alpha value is -2.62. The summed E-state index contributed by atoms with van der Waals surface area (Å²) >= 11 is 0. The molecule has 0 aliphatic carbocycles. The summed E-state index contributed by atoms with van der Waals surface area (Å²) in [5.41, 5.74) is 1.89. The van der Waals surface area contributed by atoms with E-state index < -0.39 is 5.92 Å². The molecule has 2 rings (SSSR count). The molecule has 0 aliphatic heterocycles. The van der Waals surface area contributed by atoms with Crippen molar-refractivity contribution in [2.45, 2.75) is 12.0 Å². The van der Waals surface area contributed by atoms with E-state index in [-0.39, 0.29) is 12.0 Å². The van der Waals surface area contributed by atoms with Crippen molar-refractivity contribution in [2.75, 3.05) is 7.11 Å². The van der Waals surface area contributed by atoms with Crippen LogP contribution < -0.4 is 0 Å². The quantitative estimate of drug-likeness (QED) is 0.834. The number of ether oxygens (including phenoxy) is 1. The molecule has 2 aromatic rings. The molecule has 2 unspecified atom stereocenters. The second-order valence-electron chi connectivity index (χ2n) is 4.74. The zero-order chi connectivity index (χ0) is 15.1. The fraction of sp³-hybridized carbons (Fsp3) is 0.222. The molecule has 2 atom stereocenters. The lowest BCUT2D eigenvalue weighted by Gasteiger charge is -2.27. The van der Waals surface area contributed by atoms with Crippen LogP contribution in [0.3, 0.4) is 0 Å². The Labute approximate surface area is 125 Å². The van der Waals surface area contributed by atoms with Gasteiger partial charge in [0.15, 0.2) is 0 Å². The molecule has 0 saturated carbocycles. The largest absolute Gasteiger partial charge is 0.376 e. The molecule has 0 bridgehead atoms. The molecule has 104 valence electrons. The number of hydrogen-bond donors (Lipinski definition) is 0. The van der Waals surface area contributed by atoms with Gasteiger partial charge in [-0.25, -0.2) is 0 Å². The van der Waals surface area contributed by atoms with Gasteiger partial charge in [0.2, 0.25) is 0 Å². The van der Waals surface area contributed by atoms with Gasteiger partial charge >= 0.3 is 0 Å². The van der Waals surface area contributed by atoms with Crippen molar-refractivity contribution in [3.63, 3.8) is 0 Å². The first-order chi connectivity index (χ1) is 10.3. The highest BCUT2D eigenvalue weighted by molar-refractivity contribution is 5.31. The zero-order valence-electron chi connectivity index (χ0n) is 11.8. The molecule has 0 radical (unpaired) electrons. The summed E-state index contributed by atoms with van der Waals surface area (Å²) in [6, 6.07) is 23.5. The van der Waals surface area contributed by atoms with E-state index in [1.165, 1.54) is 0 Å². The second-order valence-corrected chi connectivity index (χ2v) is 4.74. The van der Waals surface area contributed by atoms with E-state index in [1.807, 2.05) is 60.7 Å². The molecule has 0 aromatic heterocycles. The minimum Gasteiger partial charge on any atom is -0.376 e. The van der Waals surface area contributed by atoms with Gasteiger partial charge in [-0.3, -0.25) is 0 Å². The molecule has 3 nitrogen and oxygen atoms in total. The van der Waals surface area contributed by atoms with Crippen molar-refractivity contribution in [2.24, 2.45) is 5.92 Å². The second kappa shape index (κ2) is 7.24. The summed E-state index contributed by atoms with van der Waals surface area (Å²) in [4.78, 5) is 0. The molecule has 0 amide bonds. The van der Waals surface area contributed by atoms with Gasteiger partial charge in [-0.15, -0.1) is 0 Å². The maximum absolute atomic E-state index is 9.32. The lowest BCUT2D eigenvalue weighted by Crippen LogP contribution is -2.20. The molecule has 0 fully saturated rings. The minimum atomic E-state index is -0.766. The fourth-order valence-electron chi connectivity index (χ4n) is 2.54. The van der Waals surface area contributed by atoms with Crippen LogP contribution in [0.4, 0.5) is 0 Å². The number of rotatable bonds is 5.